The predicted molar refractivity (Wildman–Crippen MR) is 147 cm³/mol. The minimum Gasteiger partial charge on any atom is -0.497 e. The number of allylic oxidation sites excluding steroid dienone is 4. The number of aryl methyl sites for hydroxylation is 1. The molecular formula is C27H36ClN5O3. The number of ether oxygens (including phenoxy) is 2. The molecule has 0 spiro atoms. The molecule has 9 heteroatoms. The van der Waals surface area contributed by atoms with Gasteiger partial charge in [0.05, 0.1) is 31.0 Å². The molecule has 2 rings (SSSR count). The number of methoxy groups -OCH3 is 1. The van der Waals surface area contributed by atoms with Gasteiger partial charge in [-0.25, -0.2) is 0 Å². The van der Waals surface area contributed by atoms with Crippen molar-refractivity contribution in [3.8, 4) is 5.75 Å². The number of aliphatic imine (C=N–C) groups is 1. The third kappa shape index (κ3) is 6.37. The van der Waals surface area contributed by atoms with Gasteiger partial charge >= 0.3 is 0 Å². The summed E-state index contributed by atoms with van der Waals surface area (Å²) in [6.07, 6.45) is 3.73. The first-order valence-corrected chi connectivity index (χ1v) is 12.0. The Bertz CT molecular complexity index is 1280. The fraction of sp³-hybridized carbons (Fsp3) is 0.370. The monoisotopic (exact) mass is 513 g/mol. The van der Waals surface area contributed by atoms with Crippen molar-refractivity contribution in [2.45, 2.75) is 54.5 Å². The van der Waals surface area contributed by atoms with Gasteiger partial charge in [0, 0.05) is 22.4 Å². The molecule has 0 aliphatic carbocycles. The number of carbonyl (C=O) groups is 1. The molecule has 0 saturated heterocycles. The average Bonchev–Trinajstić information content (AvgIpc) is 3.20. The molecule has 0 saturated carbocycles. The number of amides is 1. The van der Waals surface area contributed by atoms with Crippen molar-refractivity contribution in [3.63, 3.8) is 0 Å². The van der Waals surface area contributed by atoms with Gasteiger partial charge in [0.15, 0.2) is 5.15 Å². The Morgan fingerprint density at radius 1 is 1.39 bits per heavy atom. The lowest BCUT2D eigenvalue weighted by atomic mass is 10.00. The normalized spacial score (nSPS) is 14.4. The lowest BCUT2D eigenvalue weighted by Crippen LogP contribution is -2.30. The summed E-state index contributed by atoms with van der Waals surface area (Å²) in [5.74, 6) is 0.917. The number of halogens is 1. The van der Waals surface area contributed by atoms with Gasteiger partial charge in [0.25, 0.3) is 5.91 Å². The first kappa shape index (κ1) is 28.7. The van der Waals surface area contributed by atoms with Crippen LogP contribution in [-0.2, 0) is 9.53 Å². The van der Waals surface area contributed by atoms with Crippen LogP contribution < -0.4 is 15.8 Å². The summed E-state index contributed by atoms with van der Waals surface area (Å²) in [4.78, 5) is 18.0. The van der Waals surface area contributed by atoms with E-state index in [2.05, 4.69) is 27.1 Å². The van der Waals surface area contributed by atoms with Crippen molar-refractivity contribution in [1.82, 2.24) is 15.5 Å². The van der Waals surface area contributed by atoms with Crippen molar-refractivity contribution < 1.29 is 14.3 Å². The second kappa shape index (κ2) is 12.4. The highest BCUT2D eigenvalue weighted by atomic mass is 35.5. The second-order valence-electron chi connectivity index (χ2n) is 8.41. The van der Waals surface area contributed by atoms with E-state index >= 15 is 0 Å². The molecular weight excluding hydrogens is 478 g/mol. The maximum atomic E-state index is 13.3. The lowest BCUT2D eigenvalue weighted by molar-refractivity contribution is -0.117. The van der Waals surface area contributed by atoms with Gasteiger partial charge in [0.2, 0.25) is 0 Å². The summed E-state index contributed by atoms with van der Waals surface area (Å²) in [7, 11) is 1.61. The molecule has 0 bridgehead atoms. The fourth-order valence-electron chi connectivity index (χ4n) is 3.84. The quantitative estimate of drug-likeness (QED) is 0.161. The molecule has 1 atom stereocenters. The summed E-state index contributed by atoms with van der Waals surface area (Å²) in [6.45, 7) is 17.3. The number of aromatic nitrogens is 2. The predicted octanol–water partition coefficient (Wildman–Crippen LogP) is 5.80. The van der Waals surface area contributed by atoms with Crippen LogP contribution in [0.2, 0.25) is 5.15 Å². The molecule has 0 aliphatic heterocycles. The highest BCUT2D eigenvalue weighted by Crippen LogP contribution is 2.37. The van der Waals surface area contributed by atoms with Gasteiger partial charge in [0.1, 0.15) is 17.0 Å². The largest absolute Gasteiger partial charge is 0.497 e. The maximum absolute atomic E-state index is 13.3. The number of H-pyrrole nitrogens is 1. The van der Waals surface area contributed by atoms with E-state index in [4.69, 9.17) is 26.8 Å². The Hall–Kier alpha value is -3.52. The highest BCUT2D eigenvalue weighted by molar-refractivity contribution is 6.34. The van der Waals surface area contributed by atoms with E-state index < -0.39 is 6.04 Å². The lowest BCUT2D eigenvalue weighted by Gasteiger charge is -2.21. The zero-order valence-electron chi connectivity index (χ0n) is 22.3. The van der Waals surface area contributed by atoms with Crippen molar-refractivity contribution in [2.24, 2.45) is 10.7 Å². The Kier molecular flexibility index (Phi) is 9.93. The Balaban J connectivity index is 2.46. The number of nitrogens with zero attached hydrogens (tertiary/aromatic N) is 2. The molecule has 8 nitrogen and oxygen atoms in total. The molecule has 36 heavy (non-hydrogen) atoms. The Morgan fingerprint density at radius 3 is 2.61 bits per heavy atom. The topological polar surface area (TPSA) is 115 Å². The number of fused-ring (bicyclic) bond motifs is 1. The third-order valence-electron chi connectivity index (χ3n) is 5.78. The van der Waals surface area contributed by atoms with Crippen LogP contribution in [0, 0.1) is 6.92 Å². The highest BCUT2D eigenvalue weighted by Gasteiger charge is 2.23. The van der Waals surface area contributed by atoms with Gasteiger partial charge in [-0.3, -0.25) is 14.9 Å². The molecule has 1 aromatic carbocycles. The van der Waals surface area contributed by atoms with Crippen LogP contribution in [0.4, 0.5) is 0 Å². The molecule has 0 radical (unpaired) electrons. The number of rotatable bonds is 10. The van der Waals surface area contributed by atoms with E-state index in [0.717, 1.165) is 33.6 Å². The number of hydrogen-bond donors (Lipinski definition) is 3. The minimum atomic E-state index is -0.419. The van der Waals surface area contributed by atoms with Gasteiger partial charge < -0.3 is 20.5 Å². The Morgan fingerprint density at radius 2 is 2.06 bits per heavy atom. The van der Waals surface area contributed by atoms with Crippen LogP contribution in [0.5, 0.6) is 5.75 Å². The third-order valence-corrected chi connectivity index (χ3v) is 6.05. The van der Waals surface area contributed by atoms with Gasteiger partial charge in [-0.05, 0) is 77.8 Å². The number of aromatic amines is 1. The standard InChI is InChI=1S/C27H36ClN5O3/c1-10-20(35-9)12-14(3)17(6)30-19(8)23(16(5)29)27(34)31-18(7)21-13-15(4)22-24(25(21)36-11-2)32-33-26(22)28/h10,12-13,18H,5,11,29H2,1-4,6-9H3,(H,31,34)(H,32,33)/b14-12+,20-10+,23-19-,30-17+. The molecule has 2 aromatic rings. The van der Waals surface area contributed by atoms with Gasteiger partial charge in [-0.1, -0.05) is 18.2 Å². The molecule has 1 heterocycles. The van der Waals surface area contributed by atoms with Crippen LogP contribution >= 0.6 is 11.6 Å². The Labute approximate surface area is 218 Å². The molecule has 194 valence electrons. The SMILES string of the molecule is C=C(N)/C(C(=O)NC(C)c1cc(C)c2c(Cl)n[nH]c2c1OCC)=C(C)/N=C(C)/C(C)=C/C(=C\C)OC. The molecule has 1 amide bonds. The summed E-state index contributed by atoms with van der Waals surface area (Å²) < 4.78 is 11.2. The average molecular weight is 514 g/mol. The summed E-state index contributed by atoms with van der Waals surface area (Å²) >= 11 is 6.26. The number of hydrogen-bond acceptors (Lipinski definition) is 6. The van der Waals surface area contributed by atoms with Crippen molar-refractivity contribution >= 4 is 34.1 Å². The van der Waals surface area contributed by atoms with E-state index in [1.807, 2.05) is 59.8 Å². The summed E-state index contributed by atoms with van der Waals surface area (Å²) in [5.41, 5.74) is 10.8. The van der Waals surface area contributed by atoms with Crippen molar-refractivity contribution in [1.29, 1.82) is 0 Å². The first-order chi connectivity index (χ1) is 17.0. The van der Waals surface area contributed by atoms with Crippen molar-refractivity contribution in [3.05, 3.63) is 69.4 Å². The van der Waals surface area contributed by atoms with Crippen LogP contribution in [0.3, 0.4) is 0 Å². The minimum absolute atomic E-state index is 0.124. The zero-order valence-corrected chi connectivity index (χ0v) is 23.1. The van der Waals surface area contributed by atoms with E-state index in [9.17, 15) is 4.79 Å². The molecule has 0 fully saturated rings. The summed E-state index contributed by atoms with van der Waals surface area (Å²) in [5, 5.41) is 11.2. The van der Waals surface area contributed by atoms with E-state index in [1.54, 1.807) is 14.0 Å². The number of nitrogens with one attached hydrogen (secondary N) is 2. The fourth-order valence-corrected chi connectivity index (χ4v) is 4.13. The van der Waals surface area contributed by atoms with Crippen molar-refractivity contribution in [2.75, 3.05) is 13.7 Å². The van der Waals surface area contributed by atoms with Crippen LogP contribution in [0.1, 0.15) is 58.7 Å². The zero-order chi connectivity index (χ0) is 27.2. The van der Waals surface area contributed by atoms with E-state index in [-0.39, 0.29) is 17.2 Å². The number of benzene rings is 1. The van der Waals surface area contributed by atoms with Crippen LogP contribution in [-0.4, -0.2) is 35.5 Å². The van der Waals surface area contributed by atoms with Crippen LogP contribution in [0.25, 0.3) is 10.9 Å². The number of nitrogens with two attached hydrogens (primary N) is 1. The van der Waals surface area contributed by atoms with Gasteiger partial charge in [-0.15, -0.1) is 0 Å². The molecule has 1 aromatic heterocycles. The van der Waals surface area contributed by atoms with E-state index in [1.165, 1.54) is 0 Å². The molecule has 4 N–H and O–H groups in total. The second-order valence-corrected chi connectivity index (χ2v) is 8.77. The molecule has 0 aliphatic rings. The maximum Gasteiger partial charge on any atom is 0.255 e. The van der Waals surface area contributed by atoms with E-state index in [0.29, 0.717) is 28.7 Å². The van der Waals surface area contributed by atoms with Crippen LogP contribution in [0.15, 0.2) is 58.1 Å². The van der Waals surface area contributed by atoms with Gasteiger partial charge in [-0.2, -0.15) is 5.10 Å². The first-order valence-electron chi connectivity index (χ1n) is 11.7. The number of carbonyl (C=O) groups excluding carboxylic acids is 1. The smallest absolute Gasteiger partial charge is 0.255 e. The summed E-state index contributed by atoms with van der Waals surface area (Å²) in [6, 6.07) is 1.52. The molecule has 1 unspecified atom stereocenters.